The fourth-order valence-electron chi connectivity index (χ4n) is 3.61. The molecule has 0 radical (unpaired) electrons. The summed E-state index contributed by atoms with van der Waals surface area (Å²) in [6, 6.07) is -0.386. The monoisotopic (exact) mass is 410 g/mol. The van der Waals surface area contributed by atoms with Crippen LogP contribution in [-0.2, 0) is 4.79 Å². The third-order valence-electron chi connectivity index (χ3n) is 5.24. The Hall–Kier alpha value is -1.41. The van der Waals surface area contributed by atoms with Crippen LogP contribution in [0.25, 0.3) is 0 Å². The van der Waals surface area contributed by atoms with E-state index in [1.807, 2.05) is 14.1 Å². The summed E-state index contributed by atoms with van der Waals surface area (Å²) in [6.07, 6.45) is 9.89. The smallest absolute Gasteiger partial charge is 0.286 e. The fourth-order valence-corrected chi connectivity index (χ4v) is 4.48. The standard InChI is InChI=1S/C20H34N4O3S/c1-4-5-12-17(24(15-25)16-10-8-6-7-9-11-16)18(26)19-21-22-20(27-19)28-14-13-23(2)3/h15-17H,4-14H2,1-3H3. The Morgan fingerprint density at radius 3 is 2.57 bits per heavy atom. The fraction of sp³-hybridized carbons (Fsp3) is 0.800. The zero-order chi connectivity index (χ0) is 20.4. The number of unbranched alkanes of at least 4 members (excludes halogenated alkanes) is 1. The lowest BCUT2D eigenvalue weighted by atomic mass is 9.99. The zero-order valence-corrected chi connectivity index (χ0v) is 18.2. The van der Waals surface area contributed by atoms with Gasteiger partial charge in [0.05, 0.1) is 0 Å². The normalized spacial score (nSPS) is 16.7. The van der Waals surface area contributed by atoms with Gasteiger partial charge in [-0.15, -0.1) is 10.2 Å². The third kappa shape index (κ3) is 6.88. The minimum absolute atomic E-state index is 0.0222. The predicted octanol–water partition coefficient (Wildman–Crippen LogP) is 3.65. The number of Topliss-reactive ketones (excluding diaryl/α,β-unsaturated/α-hetero) is 1. The van der Waals surface area contributed by atoms with Crippen molar-refractivity contribution in [2.24, 2.45) is 0 Å². The van der Waals surface area contributed by atoms with Crippen LogP contribution in [0.2, 0.25) is 0 Å². The van der Waals surface area contributed by atoms with Crippen molar-refractivity contribution in [3.63, 3.8) is 0 Å². The van der Waals surface area contributed by atoms with Crippen LogP contribution in [0, 0.1) is 0 Å². The van der Waals surface area contributed by atoms with E-state index in [0.717, 1.165) is 57.2 Å². The van der Waals surface area contributed by atoms with Gasteiger partial charge in [-0.3, -0.25) is 9.59 Å². The Balaban J connectivity index is 2.10. The number of hydrogen-bond donors (Lipinski definition) is 0. The summed E-state index contributed by atoms with van der Waals surface area (Å²) >= 11 is 1.44. The molecule has 1 unspecified atom stereocenters. The van der Waals surface area contributed by atoms with Crippen molar-refractivity contribution < 1.29 is 14.0 Å². The first kappa shape index (κ1) is 22.9. The number of carbonyl (C=O) groups is 2. The molecule has 0 aromatic carbocycles. The van der Waals surface area contributed by atoms with Gasteiger partial charge in [-0.25, -0.2) is 0 Å². The average molecular weight is 411 g/mol. The molecule has 0 aliphatic heterocycles. The maximum Gasteiger partial charge on any atom is 0.286 e. The Kier molecular flexibility index (Phi) is 9.98. The lowest BCUT2D eigenvalue weighted by Gasteiger charge is -2.33. The molecule has 1 aromatic heterocycles. The van der Waals surface area contributed by atoms with Crippen molar-refractivity contribution in [2.75, 3.05) is 26.4 Å². The molecule has 1 saturated carbocycles. The van der Waals surface area contributed by atoms with Gasteiger partial charge in [0.2, 0.25) is 12.2 Å². The van der Waals surface area contributed by atoms with Crippen molar-refractivity contribution in [2.45, 2.75) is 82.0 Å². The SMILES string of the molecule is CCCCC(C(=O)c1nnc(SCCN(C)C)o1)N(C=O)C1CCCCCC1. The van der Waals surface area contributed by atoms with Crippen LogP contribution in [0.5, 0.6) is 0 Å². The van der Waals surface area contributed by atoms with E-state index in [1.54, 1.807) is 4.90 Å². The lowest BCUT2D eigenvalue weighted by Crippen LogP contribution is -2.46. The predicted molar refractivity (Wildman–Crippen MR) is 111 cm³/mol. The van der Waals surface area contributed by atoms with Gasteiger partial charge in [0, 0.05) is 18.3 Å². The molecular formula is C20H34N4O3S. The first-order valence-corrected chi connectivity index (χ1v) is 11.4. The van der Waals surface area contributed by atoms with Crippen LogP contribution < -0.4 is 0 Å². The minimum Gasteiger partial charge on any atom is -0.408 e. The topological polar surface area (TPSA) is 79.5 Å². The summed E-state index contributed by atoms with van der Waals surface area (Å²) in [7, 11) is 4.01. The number of amides is 1. The molecule has 1 atom stereocenters. The number of thioether (sulfide) groups is 1. The molecule has 7 nitrogen and oxygen atoms in total. The molecule has 0 saturated heterocycles. The molecule has 0 N–H and O–H groups in total. The van der Waals surface area contributed by atoms with Crippen molar-refractivity contribution >= 4 is 24.0 Å². The summed E-state index contributed by atoms with van der Waals surface area (Å²) in [5.41, 5.74) is 0. The summed E-state index contributed by atoms with van der Waals surface area (Å²) in [6.45, 7) is 2.97. The first-order valence-electron chi connectivity index (χ1n) is 10.4. The second kappa shape index (κ2) is 12.2. The molecule has 28 heavy (non-hydrogen) atoms. The highest BCUT2D eigenvalue weighted by Crippen LogP contribution is 2.26. The molecule has 1 heterocycles. The Morgan fingerprint density at radius 2 is 1.96 bits per heavy atom. The van der Waals surface area contributed by atoms with Gasteiger partial charge >= 0.3 is 0 Å². The molecule has 1 aliphatic rings. The van der Waals surface area contributed by atoms with E-state index in [2.05, 4.69) is 22.0 Å². The highest BCUT2D eigenvalue weighted by atomic mass is 32.2. The molecule has 1 fully saturated rings. The van der Waals surface area contributed by atoms with Crippen LogP contribution in [0.1, 0.15) is 75.4 Å². The van der Waals surface area contributed by atoms with E-state index >= 15 is 0 Å². The summed E-state index contributed by atoms with van der Waals surface area (Å²) in [5, 5.41) is 8.40. The summed E-state index contributed by atoms with van der Waals surface area (Å²) in [4.78, 5) is 28.9. The zero-order valence-electron chi connectivity index (χ0n) is 17.4. The van der Waals surface area contributed by atoms with E-state index < -0.39 is 6.04 Å². The third-order valence-corrected chi connectivity index (χ3v) is 6.04. The molecule has 2 rings (SSSR count). The molecule has 1 aromatic rings. The van der Waals surface area contributed by atoms with E-state index in [9.17, 15) is 9.59 Å². The van der Waals surface area contributed by atoms with E-state index in [-0.39, 0.29) is 17.7 Å². The van der Waals surface area contributed by atoms with Crippen LogP contribution in [0.4, 0.5) is 0 Å². The molecule has 0 spiro atoms. The first-order chi connectivity index (χ1) is 13.6. The van der Waals surface area contributed by atoms with Crippen molar-refractivity contribution in [1.82, 2.24) is 20.0 Å². The highest BCUT2D eigenvalue weighted by Gasteiger charge is 2.33. The van der Waals surface area contributed by atoms with Crippen LogP contribution in [0.3, 0.4) is 0 Å². The molecular weight excluding hydrogens is 376 g/mol. The van der Waals surface area contributed by atoms with Gasteiger partial charge < -0.3 is 14.2 Å². The molecule has 158 valence electrons. The largest absolute Gasteiger partial charge is 0.408 e. The molecule has 0 bridgehead atoms. The molecule has 8 heteroatoms. The molecule has 1 amide bonds. The minimum atomic E-state index is -0.513. The Bertz CT molecular complexity index is 600. The summed E-state index contributed by atoms with van der Waals surface area (Å²) in [5.74, 6) is 0.607. The maximum absolute atomic E-state index is 13.2. The van der Waals surface area contributed by atoms with Crippen molar-refractivity contribution in [3.05, 3.63) is 5.89 Å². The second-order valence-corrected chi connectivity index (χ2v) is 8.79. The lowest BCUT2D eigenvalue weighted by molar-refractivity contribution is -0.122. The van der Waals surface area contributed by atoms with E-state index in [0.29, 0.717) is 11.6 Å². The Morgan fingerprint density at radius 1 is 1.25 bits per heavy atom. The summed E-state index contributed by atoms with van der Waals surface area (Å²) < 4.78 is 5.62. The number of nitrogens with zero attached hydrogens (tertiary/aromatic N) is 4. The van der Waals surface area contributed by atoms with Gasteiger partial charge in [0.1, 0.15) is 6.04 Å². The highest BCUT2D eigenvalue weighted by molar-refractivity contribution is 7.99. The second-order valence-electron chi connectivity index (χ2n) is 7.75. The number of ketones is 1. The number of carbonyl (C=O) groups excluding carboxylic acids is 2. The van der Waals surface area contributed by atoms with E-state index in [4.69, 9.17) is 4.42 Å². The van der Waals surface area contributed by atoms with Gasteiger partial charge in [0.15, 0.2) is 0 Å². The maximum atomic E-state index is 13.2. The number of rotatable bonds is 12. The van der Waals surface area contributed by atoms with Gasteiger partial charge in [0.25, 0.3) is 11.1 Å². The molecule has 1 aliphatic carbocycles. The van der Waals surface area contributed by atoms with Crippen molar-refractivity contribution in [1.29, 1.82) is 0 Å². The van der Waals surface area contributed by atoms with Crippen LogP contribution in [0.15, 0.2) is 9.64 Å². The van der Waals surface area contributed by atoms with Gasteiger partial charge in [-0.1, -0.05) is 57.2 Å². The quantitative estimate of drug-likeness (QED) is 0.225. The van der Waals surface area contributed by atoms with Crippen LogP contribution in [-0.4, -0.2) is 70.7 Å². The Labute approximate surface area is 172 Å². The van der Waals surface area contributed by atoms with E-state index in [1.165, 1.54) is 24.6 Å². The number of hydrogen-bond acceptors (Lipinski definition) is 7. The van der Waals surface area contributed by atoms with Crippen LogP contribution >= 0.6 is 11.8 Å². The average Bonchev–Trinajstić information content (AvgIpc) is 2.98. The van der Waals surface area contributed by atoms with Gasteiger partial charge in [-0.2, -0.15) is 0 Å². The number of aromatic nitrogens is 2. The van der Waals surface area contributed by atoms with Crippen molar-refractivity contribution in [3.8, 4) is 0 Å². The van der Waals surface area contributed by atoms with Gasteiger partial charge in [-0.05, 0) is 33.4 Å².